The Labute approximate surface area is 86.8 Å². The summed E-state index contributed by atoms with van der Waals surface area (Å²) >= 11 is 0. The Morgan fingerprint density at radius 1 is 1.60 bits per heavy atom. The maximum atomic E-state index is 11.5. The van der Waals surface area contributed by atoms with Gasteiger partial charge in [-0.25, -0.2) is 4.79 Å². The van der Waals surface area contributed by atoms with E-state index in [-0.39, 0.29) is 18.3 Å². The van der Waals surface area contributed by atoms with Gasteiger partial charge in [0.1, 0.15) is 0 Å². The predicted octanol–water partition coefficient (Wildman–Crippen LogP) is 0.364. The number of carbonyl (C=O) groups is 2. The molecular weight excluding hydrogens is 196 g/mol. The molecule has 1 amide bonds. The van der Waals surface area contributed by atoms with E-state index >= 15 is 0 Å². The molecule has 0 radical (unpaired) electrons. The molecule has 15 heavy (non-hydrogen) atoms. The van der Waals surface area contributed by atoms with E-state index < -0.39 is 0 Å². The van der Waals surface area contributed by atoms with E-state index in [0.717, 1.165) is 11.3 Å². The minimum Gasteiger partial charge on any atom is -0.462 e. The number of H-pyrrole nitrogens is 1. The zero-order chi connectivity index (χ0) is 10.8. The van der Waals surface area contributed by atoms with Crippen LogP contribution in [0.3, 0.4) is 0 Å². The summed E-state index contributed by atoms with van der Waals surface area (Å²) in [5.41, 5.74) is 2.12. The lowest BCUT2D eigenvalue weighted by Crippen LogP contribution is -2.30. The van der Waals surface area contributed by atoms with Crippen LogP contribution in [0.2, 0.25) is 0 Å². The summed E-state index contributed by atoms with van der Waals surface area (Å²) in [6.07, 6.45) is 1.84. The Morgan fingerprint density at radius 3 is 3.13 bits per heavy atom. The Morgan fingerprint density at radius 2 is 2.40 bits per heavy atom. The fourth-order valence-corrected chi connectivity index (χ4v) is 1.66. The van der Waals surface area contributed by atoms with E-state index in [9.17, 15) is 9.59 Å². The van der Waals surface area contributed by atoms with Crippen LogP contribution in [0.25, 0.3) is 0 Å². The highest BCUT2D eigenvalue weighted by molar-refractivity contribution is 5.94. The third kappa shape index (κ3) is 1.72. The molecule has 2 heterocycles. The third-order valence-corrected chi connectivity index (χ3v) is 2.38. The van der Waals surface area contributed by atoms with E-state index in [1.54, 1.807) is 13.1 Å². The van der Waals surface area contributed by atoms with Crippen molar-refractivity contribution in [1.82, 2.24) is 10.3 Å². The monoisotopic (exact) mass is 208 g/mol. The molecule has 1 aromatic rings. The number of esters is 1. The Balaban J connectivity index is 2.30. The fraction of sp³-hybridized carbons (Fsp3) is 0.400. The summed E-state index contributed by atoms with van der Waals surface area (Å²) < 4.78 is 4.90. The number of aromatic nitrogens is 1. The second-order valence-corrected chi connectivity index (χ2v) is 3.33. The summed E-state index contributed by atoms with van der Waals surface area (Å²) in [6, 6.07) is 0. The average molecular weight is 208 g/mol. The van der Waals surface area contributed by atoms with Crippen LogP contribution in [0.5, 0.6) is 0 Å². The third-order valence-electron chi connectivity index (χ3n) is 2.38. The lowest BCUT2D eigenvalue weighted by atomic mass is 10.0. The number of hydrogen-bond donors (Lipinski definition) is 2. The number of aromatic amines is 1. The minimum absolute atomic E-state index is 0.0624. The van der Waals surface area contributed by atoms with Gasteiger partial charge in [0.05, 0.1) is 25.1 Å². The van der Waals surface area contributed by atoms with Crippen LogP contribution >= 0.6 is 0 Å². The Bertz CT molecular complexity index is 409. The first-order valence-electron chi connectivity index (χ1n) is 4.85. The molecule has 0 aromatic carbocycles. The molecular formula is C10H12N2O3. The van der Waals surface area contributed by atoms with E-state index in [0.29, 0.717) is 18.7 Å². The number of hydrogen-bond acceptors (Lipinski definition) is 3. The van der Waals surface area contributed by atoms with Gasteiger partial charge < -0.3 is 15.0 Å². The normalized spacial score (nSPS) is 14.3. The molecule has 0 unspecified atom stereocenters. The van der Waals surface area contributed by atoms with Crippen LogP contribution in [0, 0.1) is 0 Å². The van der Waals surface area contributed by atoms with Gasteiger partial charge in [-0.15, -0.1) is 0 Å². The lowest BCUT2D eigenvalue weighted by molar-refractivity contribution is -0.121. The Hall–Kier alpha value is -1.78. The quantitative estimate of drug-likeness (QED) is 0.689. The molecule has 5 nitrogen and oxygen atoms in total. The zero-order valence-electron chi connectivity index (χ0n) is 8.42. The molecule has 0 aliphatic carbocycles. The number of rotatable bonds is 2. The van der Waals surface area contributed by atoms with Crippen LogP contribution in [-0.2, 0) is 22.5 Å². The van der Waals surface area contributed by atoms with Crippen LogP contribution in [-0.4, -0.2) is 23.5 Å². The molecule has 1 aliphatic rings. The second kappa shape index (κ2) is 3.76. The smallest absolute Gasteiger partial charge is 0.339 e. The zero-order valence-corrected chi connectivity index (χ0v) is 8.42. The number of ether oxygens (including phenoxy) is 1. The van der Waals surface area contributed by atoms with Crippen molar-refractivity contribution in [2.24, 2.45) is 0 Å². The van der Waals surface area contributed by atoms with Gasteiger partial charge in [0.15, 0.2) is 0 Å². The number of fused-ring (bicyclic) bond motifs is 1. The Kier molecular flexibility index (Phi) is 2.45. The maximum absolute atomic E-state index is 11.5. The summed E-state index contributed by atoms with van der Waals surface area (Å²) in [5.74, 6) is -0.433. The van der Waals surface area contributed by atoms with Gasteiger partial charge in [0, 0.05) is 11.9 Å². The molecule has 0 spiro atoms. The van der Waals surface area contributed by atoms with Gasteiger partial charge in [-0.05, 0) is 12.5 Å². The van der Waals surface area contributed by atoms with Crippen LogP contribution < -0.4 is 5.32 Å². The van der Waals surface area contributed by atoms with E-state index in [1.807, 2.05) is 0 Å². The van der Waals surface area contributed by atoms with Gasteiger partial charge >= 0.3 is 5.97 Å². The number of amides is 1. The molecule has 0 atom stereocenters. The topological polar surface area (TPSA) is 71.2 Å². The minimum atomic E-state index is -0.371. The number of nitrogens with one attached hydrogen (secondary N) is 2. The van der Waals surface area contributed by atoms with Crippen molar-refractivity contribution in [2.45, 2.75) is 19.9 Å². The summed E-state index contributed by atoms with van der Waals surface area (Å²) in [7, 11) is 0. The molecule has 2 N–H and O–H groups in total. The highest BCUT2D eigenvalue weighted by atomic mass is 16.5. The van der Waals surface area contributed by atoms with E-state index in [1.165, 1.54) is 0 Å². The van der Waals surface area contributed by atoms with Gasteiger partial charge in [0.25, 0.3) is 0 Å². The fourth-order valence-electron chi connectivity index (χ4n) is 1.66. The highest BCUT2D eigenvalue weighted by Gasteiger charge is 2.23. The van der Waals surface area contributed by atoms with Gasteiger partial charge in [-0.3, -0.25) is 4.79 Å². The van der Waals surface area contributed by atoms with Gasteiger partial charge in [-0.1, -0.05) is 0 Å². The molecule has 0 fully saturated rings. The van der Waals surface area contributed by atoms with E-state index in [4.69, 9.17) is 4.74 Å². The molecule has 5 heteroatoms. The molecule has 1 aromatic heterocycles. The average Bonchev–Trinajstić information content (AvgIpc) is 2.60. The number of carbonyl (C=O) groups excluding carboxylic acids is 2. The van der Waals surface area contributed by atoms with Crippen LogP contribution in [0.4, 0.5) is 0 Å². The molecule has 80 valence electrons. The van der Waals surface area contributed by atoms with Crippen molar-refractivity contribution in [3.8, 4) is 0 Å². The van der Waals surface area contributed by atoms with Crippen molar-refractivity contribution >= 4 is 11.9 Å². The first kappa shape index (κ1) is 9.76. The van der Waals surface area contributed by atoms with Crippen LogP contribution in [0.15, 0.2) is 6.20 Å². The van der Waals surface area contributed by atoms with Crippen molar-refractivity contribution in [2.75, 3.05) is 6.61 Å². The molecule has 0 bridgehead atoms. The summed E-state index contributed by atoms with van der Waals surface area (Å²) in [5, 5.41) is 2.70. The maximum Gasteiger partial charge on any atom is 0.339 e. The van der Waals surface area contributed by atoms with Crippen molar-refractivity contribution in [3.63, 3.8) is 0 Å². The lowest BCUT2D eigenvalue weighted by Gasteiger charge is -2.13. The van der Waals surface area contributed by atoms with Crippen molar-refractivity contribution < 1.29 is 14.3 Å². The standard InChI is InChI=1S/C10H12N2O3/c1-2-15-10(14)7-4-11-8-5-12-9(13)3-6(7)8/h4,11H,2-3,5H2,1H3,(H,12,13). The first-order valence-corrected chi connectivity index (χ1v) is 4.85. The second-order valence-electron chi connectivity index (χ2n) is 3.33. The molecule has 1 aliphatic heterocycles. The van der Waals surface area contributed by atoms with Crippen LogP contribution in [0.1, 0.15) is 28.5 Å². The highest BCUT2D eigenvalue weighted by Crippen LogP contribution is 2.19. The van der Waals surface area contributed by atoms with Gasteiger partial charge in [0.2, 0.25) is 5.91 Å². The summed E-state index contributed by atoms with van der Waals surface area (Å²) in [6.45, 7) is 2.54. The van der Waals surface area contributed by atoms with Crippen molar-refractivity contribution in [1.29, 1.82) is 0 Å². The summed E-state index contributed by atoms with van der Waals surface area (Å²) in [4.78, 5) is 25.7. The van der Waals surface area contributed by atoms with Gasteiger partial charge in [-0.2, -0.15) is 0 Å². The first-order chi connectivity index (χ1) is 7.22. The molecule has 0 saturated carbocycles. The molecule has 0 saturated heterocycles. The van der Waals surface area contributed by atoms with E-state index in [2.05, 4.69) is 10.3 Å². The van der Waals surface area contributed by atoms with Crippen molar-refractivity contribution in [3.05, 3.63) is 23.0 Å². The largest absolute Gasteiger partial charge is 0.462 e. The predicted molar refractivity (Wildman–Crippen MR) is 52.3 cm³/mol. The SMILES string of the molecule is CCOC(=O)c1c[nH]c2c1CC(=O)NC2. The molecule has 2 rings (SSSR count).